The maximum absolute atomic E-state index is 5.99. The summed E-state index contributed by atoms with van der Waals surface area (Å²) in [6.45, 7) is 4.17. The fourth-order valence-electron chi connectivity index (χ4n) is 4.85. The summed E-state index contributed by atoms with van der Waals surface area (Å²) in [6.07, 6.45) is 16.0. The molecular formula is C27H39Br2NO. The Morgan fingerprint density at radius 3 is 2.16 bits per heavy atom. The van der Waals surface area contributed by atoms with E-state index in [4.69, 9.17) is 4.74 Å². The number of hydrogen-bond acceptors (Lipinski definition) is 1. The third kappa shape index (κ3) is 8.28. The zero-order valence-electron chi connectivity index (χ0n) is 19.1. The second-order valence-corrected chi connectivity index (χ2v) is 10.8. The van der Waals surface area contributed by atoms with Crippen LogP contribution < -0.4 is 4.74 Å². The Kier molecular flexibility index (Phi) is 11.0. The third-order valence-corrected chi connectivity index (χ3v) is 8.22. The van der Waals surface area contributed by atoms with E-state index in [1.807, 2.05) is 0 Å². The van der Waals surface area contributed by atoms with Crippen LogP contribution in [0.25, 0.3) is 0 Å². The van der Waals surface area contributed by atoms with Crippen LogP contribution in [0, 0.1) is 5.92 Å². The Hall–Kier alpha value is -0.740. The van der Waals surface area contributed by atoms with Crippen LogP contribution in [0.2, 0.25) is 0 Å². The summed E-state index contributed by atoms with van der Waals surface area (Å²) in [4.78, 5) is 0. The SMILES string of the molecule is CCCCCC1CCC(c2ccc(OCCCCCCn3c(Br)ccc3Br)cc2)CC1. The Bertz CT molecular complexity index is 728. The summed E-state index contributed by atoms with van der Waals surface area (Å²) >= 11 is 7.19. The van der Waals surface area contributed by atoms with Gasteiger partial charge in [-0.2, -0.15) is 0 Å². The lowest BCUT2D eigenvalue weighted by molar-refractivity contribution is 0.299. The van der Waals surface area contributed by atoms with Gasteiger partial charge in [0.1, 0.15) is 5.75 Å². The van der Waals surface area contributed by atoms with Crippen molar-refractivity contribution in [2.24, 2.45) is 5.92 Å². The molecule has 0 bridgehead atoms. The minimum Gasteiger partial charge on any atom is -0.494 e. The predicted molar refractivity (Wildman–Crippen MR) is 139 cm³/mol. The molecule has 1 fully saturated rings. The van der Waals surface area contributed by atoms with Crippen molar-refractivity contribution in [3.8, 4) is 5.75 Å². The third-order valence-electron chi connectivity index (χ3n) is 6.83. The number of rotatable bonds is 13. The number of nitrogens with zero attached hydrogens (tertiary/aromatic N) is 1. The van der Waals surface area contributed by atoms with E-state index in [1.165, 1.54) is 76.2 Å². The summed E-state index contributed by atoms with van der Waals surface area (Å²) in [6, 6.07) is 13.2. The molecule has 1 heterocycles. The topological polar surface area (TPSA) is 14.2 Å². The lowest BCUT2D eigenvalue weighted by Gasteiger charge is -2.29. The molecule has 1 aromatic carbocycles. The lowest BCUT2D eigenvalue weighted by atomic mass is 9.77. The lowest BCUT2D eigenvalue weighted by Crippen LogP contribution is -2.13. The first kappa shape index (κ1) is 24.9. The van der Waals surface area contributed by atoms with Crippen molar-refractivity contribution in [3.05, 3.63) is 51.2 Å². The van der Waals surface area contributed by atoms with E-state index in [0.29, 0.717) is 0 Å². The average molecular weight is 553 g/mol. The molecule has 0 saturated heterocycles. The van der Waals surface area contributed by atoms with Crippen molar-refractivity contribution >= 4 is 31.9 Å². The monoisotopic (exact) mass is 551 g/mol. The van der Waals surface area contributed by atoms with Crippen LogP contribution in [0.5, 0.6) is 5.75 Å². The molecule has 2 nitrogen and oxygen atoms in total. The highest BCUT2D eigenvalue weighted by atomic mass is 79.9. The molecule has 0 aliphatic heterocycles. The van der Waals surface area contributed by atoms with Gasteiger partial charge in [-0.1, -0.05) is 57.6 Å². The minimum atomic E-state index is 0.761. The van der Waals surface area contributed by atoms with Crippen molar-refractivity contribution in [2.45, 2.75) is 96.4 Å². The van der Waals surface area contributed by atoms with E-state index in [-0.39, 0.29) is 0 Å². The summed E-state index contributed by atoms with van der Waals surface area (Å²) in [7, 11) is 0. The molecule has 0 N–H and O–H groups in total. The number of ether oxygens (including phenoxy) is 1. The van der Waals surface area contributed by atoms with E-state index < -0.39 is 0 Å². The predicted octanol–water partition coefficient (Wildman–Crippen LogP) is 9.51. The zero-order chi connectivity index (χ0) is 21.9. The Labute approximate surface area is 206 Å². The average Bonchev–Trinajstić information content (AvgIpc) is 3.11. The molecule has 172 valence electrons. The van der Waals surface area contributed by atoms with E-state index in [2.05, 4.69) is 79.7 Å². The highest BCUT2D eigenvalue weighted by Crippen LogP contribution is 2.38. The van der Waals surface area contributed by atoms with Gasteiger partial charge < -0.3 is 9.30 Å². The van der Waals surface area contributed by atoms with Gasteiger partial charge in [-0.15, -0.1) is 0 Å². The van der Waals surface area contributed by atoms with Crippen LogP contribution in [-0.4, -0.2) is 11.2 Å². The van der Waals surface area contributed by atoms with Gasteiger partial charge in [0.15, 0.2) is 0 Å². The van der Waals surface area contributed by atoms with Crippen LogP contribution in [0.4, 0.5) is 0 Å². The summed E-state index contributed by atoms with van der Waals surface area (Å²) in [5.41, 5.74) is 1.52. The largest absolute Gasteiger partial charge is 0.494 e. The number of halogens is 2. The highest BCUT2D eigenvalue weighted by molar-refractivity contribution is 9.11. The summed E-state index contributed by atoms with van der Waals surface area (Å²) in [5.74, 6) is 2.77. The first-order chi connectivity index (χ1) is 15.2. The molecule has 1 aliphatic rings. The van der Waals surface area contributed by atoms with Crippen molar-refractivity contribution < 1.29 is 4.74 Å². The van der Waals surface area contributed by atoms with Crippen LogP contribution in [0.3, 0.4) is 0 Å². The van der Waals surface area contributed by atoms with E-state index >= 15 is 0 Å². The molecule has 1 saturated carbocycles. The fraction of sp³-hybridized carbons (Fsp3) is 0.630. The van der Waals surface area contributed by atoms with Crippen LogP contribution in [0.1, 0.15) is 95.5 Å². The molecule has 0 atom stereocenters. The molecule has 1 aliphatic carbocycles. The summed E-state index contributed by atoms with van der Waals surface area (Å²) in [5, 5.41) is 0. The highest BCUT2D eigenvalue weighted by Gasteiger charge is 2.22. The number of hydrogen-bond donors (Lipinski definition) is 0. The minimum absolute atomic E-state index is 0.761. The van der Waals surface area contributed by atoms with Gasteiger partial charge in [0.25, 0.3) is 0 Å². The Morgan fingerprint density at radius 1 is 0.806 bits per heavy atom. The van der Waals surface area contributed by atoms with Gasteiger partial charge in [0.05, 0.1) is 15.8 Å². The molecule has 4 heteroatoms. The second-order valence-electron chi connectivity index (χ2n) is 9.18. The molecule has 2 aromatic rings. The van der Waals surface area contributed by atoms with Crippen molar-refractivity contribution in [1.29, 1.82) is 0 Å². The van der Waals surface area contributed by atoms with E-state index in [0.717, 1.165) is 46.4 Å². The quantitative estimate of drug-likeness (QED) is 0.225. The second kappa shape index (κ2) is 13.7. The number of unbranched alkanes of at least 4 members (excludes halogenated alkanes) is 5. The van der Waals surface area contributed by atoms with Crippen molar-refractivity contribution in [1.82, 2.24) is 4.57 Å². The maximum Gasteiger partial charge on any atom is 0.119 e. The molecule has 31 heavy (non-hydrogen) atoms. The molecule has 0 amide bonds. The molecule has 1 aromatic heterocycles. The van der Waals surface area contributed by atoms with Gasteiger partial charge in [-0.3, -0.25) is 0 Å². The van der Waals surface area contributed by atoms with E-state index in [9.17, 15) is 0 Å². The Morgan fingerprint density at radius 2 is 1.48 bits per heavy atom. The van der Waals surface area contributed by atoms with Crippen LogP contribution in [0.15, 0.2) is 45.6 Å². The molecule has 3 rings (SSSR count). The number of aromatic nitrogens is 1. The first-order valence-electron chi connectivity index (χ1n) is 12.4. The van der Waals surface area contributed by atoms with E-state index in [1.54, 1.807) is 0 Å². The fourth-order valence-corrected chi connectivity index (χ4v) is 6.09. The van der Waals surface area contributed by atoms with Gasteiger partial charge in [0.2, 0.25) is 0 Å². The smallest absolute Gasteiger partial charge is 0.119 e. The van der Waals surface area contributed by atoms with Gasteiger partial charge in [-0.05, 0) is 112 Å². The molecule has 0 spiro atoms. The van der Waals surface area contributed by atoms with Gasteiger partial charge in [-0.25, -0.2) is 0 Å². The standard InChI is InChI=1S/C27H39Br2NO/c1-2-3-6-9-22-10-12-23(13-11-22)24-14-16-25(17-15-24)31-21-8-5-4-7-20-30-26(28)18-19-27(30)29/h14-19,22-23H,2-13,20-21H2,1H3. The molecule has 0 unspecified atom stereocenters. The van der Waals surface area contributed by atoms with Crippen LogP contribution in [-0.2, 0) is 6.54 Å². The van der Waals surface area contributed by atoms with Gasteiger partial charge in [0, 0.05) is 6.54 Å². The number of benzene rings is 1. The van der Waals surface area contributed by atoms with Gasteiger partial charge >= 0.3 is 0 Å². The maximum atomic E-state index is 5.99. The Balaban J connectivity index is 1.27. The molecular weight excluding hydrogens is 514 g/mol. The zero-order valence-corrected chi connectivity index (χ0v) is 22.3. The van der Waals surface area contributed by atoms with Crippen molar-refractivity contribution in [2.75, 3.05) is 6.61 Å². The molecule has 0 radical (unpaired) electrons. The van der Waals surface area contributed by atoms with Crippen molar-refractivity contribution in [3.63, 3.8) is 0 Å². The first-order valence-corrected chi connectivity index (χ1v) is 14.0. The normalized spacial score (nSPS) is 18.9. The van der Waals surface area contributed by atoms with Crippen LogP contribution >= 0.6 is 31.9 Å². The summed E-state index contributed by atoms with van der Waals surface area (Å²) < 4.78 is 10.5.